The predicted octanol–water partition coefficient (Wildman–Crippen LogP) is 0.843. The molecule has 6 nitrogen and oxygen atoms in total. The molecule has 1 amide bonds. The average molecular weight is 237 g/mol. The van der Waals surface area contributed by atoms with Crippen LogP contribution in [0, 0.1) is 0 Å². The van der Waals surface area contributed by atoms with Crippen molar-refractivity contribution in [2.45, 2.75) is 32.9 Å². The van der Waals surface area contributed by atoms with Gasteiger partial charge >= 0.3 is 0 Å². The van der Waals surface area contributed by atoms with Crippen molar-refractivity contribution in [3.8, 4) is 0 Å². The Bertz CT molecular complexity index is 380. The minimum atomic E-state index is -0.336. The minimum Gasteiger partial charge on any atom is -0.373 e. The van der Waals surface area contributed by atoms with Gasteiger partial charge in [-0.15, -0.1) is 0 Å². The molecular weight excluding hydrogens is 218 g/mol. The van der Waals surface area contributed by atoms with E-state index in [0.717, 1.165) is 0 Å². The predicted molar refractivity (Wildman–Crippen MR) is 67.9 cm³/mol. The van der Waals surface area contributed by atoms with Gasteiger partial charge in [-0.2, -0.15) is 0 Å². The number of rotatable bonds is 5. The summed E-state index contributed by atoms with van der Waals surface area (Å²) in [7, 11) is 1.78. The van der Waals surface area contributed by atoms with Crippen molar-refractivity contribution in [2.75, 3.05) is 17.7 Å². The normalized spacial score (nSPS) is 12.1. The average Bonchev–Trinajstić information content (AvgIpc) is 2.28. The molecule has 1 rings (SSSR count). The molecule has 0 spiro atoms. The Labute approximate surface area is 101 Å². The SMILES string of the molecule is CNc1cc(NC(C)C(=O)NC(C)C)ncn1. The topological polar surface area (TPSA) is 78.9 Å². The van der Waals surface area contributed by atoms with Crippen LogP contribution in [0.3, 0.4) is 0 Å². The fourth-order valence-corrected chi connectivity index (χ4v) is 1.27. The molecule has 6 heteroatoms. The lowest BCUT2D eigenvalue weighted by Gasteiger charge is -2.16. The van der Waals surface area contributed by atoms with Crippen molar-refractivity contribution in [3.63, 3.8) is 0 Å². The van der Waals surface area contributed by atoms with E-state index in [9.17, 15) is 4.79 Å². The summed E-state index contributed by atoms with van der Waals surface area (Å²) in [5, 5.41) is 8.76. The summed E-state index contributed by atoms with van der Waals surface area (Å²) in [5.41, 5.74) is 0. The summed E-state index contributed by atoms with van der Waals surface area (Å²) in [6.45, 7) is 5.64. The third-order valence-electron chi connectivity index (χ3n) is 2.11. The van der Waals surface area contributed by atoms with Gasteiger partial charge in [0.1, 0.15) is 24.0 Å². The first-order valence-corrected chi connectivity index (χ1v) is 5.59. The minimum absolute atomic E-state index is 0.0513. The van der Waals surface area contributed by atoms with Crippen molar-refractivity contribution < 1.29 is 4.79 Å². The quantitative estimate of drug-likeness (QED) is 0.707. The van der Waals surface area contributed by atoms with E-state index in [2.05, 4.69) is 25.9 Å². The molecule has 0 aliphatic heterocycles. The molecule has 1 aromatic rings. The largest absolute Gasteiger partial charge is 0.373 e. The maximum Gasteiger partial charge on any atom is 0.242 e. The Morgan fingerprint density at radius 1 is 1.24 bits per heavy atom. The molecule has 3 N–H and O–H groups in total. The van der Waals surface area contributed by atoms with Gasteiger partial charge in [-0.1, -0.05) is 0 Å². The lowest BCUT2D eigenvalue weighted by molar-refractivity contribution is -0.122. The maximum atomic E-state index is 11.7. The first kappa shape index (κ1) is 13.2. The van der Waals surface area contributed by atoms with Crippen molar-refractivity contribution >= 4 is 17.5 Å². The number of aromatic nitrogens is 2. The third kappa shape index (κ3) is 4.26. The number of nitrogens with zero attached hydrogens (tertiary/aromatic N) is 2. The molecule has 0 radical (unpaired) electrons. The standard InChI is InChI=1S/C11H19N5O/c1-7(2)15-11(17)8(3)16-10-5-9(12-4)13-6-14-10/h5-8H,1-4H3,(H,15,17)(H2,12,13,14,16). The Kier molecular flexibility index (Phi) is 4.68. The number of carbonyl (C=O) groups is 1. The van der Waals surface area contributed by atoms with Crippen LogP contribution in [-0.4, -0.2) is 35.0 Å². The van der Waals surface area contributed by atoms with Crippen LogP contribution in [0.2, 0.25) is 0 Å². The molecule has 0 saturated carbocycles. The van der Waals surface area contributed by atoms with Crippen molar-refractivity contribution in [1.82, 2.24) is 15.3 Å². The lowest BCUT2D eigenvalue weighted by atomic mass is 10.3. The first-order chi connectivity index (χ1) is 8.02. The van der Waals surface area contributed by atoms with Gasteiger partial charge in [-0.3, -0.25) is 4.79 Å². The second kappa shape index (κ2) is 6.03. The van der Waals surface area contributed by atoms with E-state index < -0.39 is 0 Å². The number of amides is 1. The Morgan fingerprint density at radius 2 is 1.88 bits per heavy atom. The molecule has 0 aliphatic rings. The van der Waals surface area contributed by atoms with Crippen LogP contribution < -0.4 is 16.0 Å². The number of hydrogen-bond donors (Lipinski definition) is 3. The second-order valence-electron chi connectivity index (χ2n) is 4.07. The van der Waals surface area contributed by atoms with E-state index in [1.807, 2.05) is 13.8 Å². The first-order valence-electron chi connectivity index (χ1n) is 5.59. The molecule has 17 heavy (non-hydrogen) atoms. The van der Waals surface area contributed by atoms with E-state index >= 15 is 0 Å². The molecule has 1 heterocycles. The third-order valence-corrected chi connectivity index (χ3v) is 2.11. The smallest absolute Gasteiger partial charge is 0.242 e. The van der Waals surface area contributed by atoms with Crippen molar-refractivity contribution in [3.05, 3.63) is 12.4 Å². The Balaban J connectivity index is 2.60. The summed E-state index contributed by atoms with van der Waals surface area (Å²) in [4.78, 5) is 19.7. The maximum absolute atomic E-state index is 11.7. The van der Waals surface area contributed by atoms with E-state index in [1.54, 1.807) is 20.0 Å². The lowest BCUT2D eigenvalue weighted by Crippen LogP contribution is -2.41. The number of nitrogens with one attached hydrogen (secondary N) is 3. The molecule has 1 unspecified atom stereocenters. The summed E-state index contributed by atoms with van der Waals surface area (Å²) in [6, 6.07) is 1.54. The number of hydrogen-bond acceptors (Lipinski definition) is 5. The van der Waals surface area contributed by atoms with Crippen molar-refractivity contribution in [2.24, 2.45) is 0 Å². The zero-order chi connectivity index (χ0) is 12.8. The highest BCUT2D eigenvalue weighted by Gasteiger charge is 2.13. The van der Waals surface area contributed by atoms with Gasteiger partial charge in [0.05, 0.1) is 0 Å². The summed E-state index contributed by atoms with van der Waals surface area (Å²) >= 11 is 0. The highest BCUT2D eigenvalue weighted by atomic mass is 16.2. The highest BCUT2D eigenvalue weighted by Crippen LogP contribution is 2.08. The summed E-state index contributed by atoms with van der Waals surface area (Å²) < 4.78 is 0. The highest BCUT2D eigenvalue weighted by molar-refractivity contribution is 5.84. The second-order valence-corrected chi connectivity index (χ2v) is 4.07. The van der Waals surface area contributed by atoms with Crippen molar-refractivity contribution in [1.29, 1.82) is 0 Å². The molecule has 0 aromatic carbocycles. The fourth-order valence-electron chi connectivity index (χ4n) is 1.27. The molecule has 94 valence electrons. The molecule has 0 saturated heterocycles. The summed E-state index contributed by atoms with van der Waals surface area (Å²) in [6.07, 6.45) is 1.45. The van der Waals surface area contributed by atoms with Gasteiger partial charge in [0.2, 0.25) is 5.91 Å². The summed E-state index contributed by atoms with van der Waals surface area (Å²) in [5.74, 6) is 1.28. The number of carbonyl (C=O) groups excluding carboxylic acids is 1. The van der Waals surface area contributed by atoms with Crippen LogP contribution in [0.1, 0.15) is 20.8 Å². The Morgan fingerprint density at radius 3 is 2.47 bits per heavy atom. The zero-order valence-corrected chi connectivity index (χ0v) is 10.6. The molecule has 0 bridgehead atoms. The van der Waals surface area contributed by atoms with E-state index in [-0.39, 0.29) is 18.0 Å². The van der Waals surface area contributed by atoms with Crippen LogP contribution in [0.25, 0.3) is 0 Å². The van der Waals surface area contributed by atoms with Crippen LogP contribution in [0.5, 0.6) is 0 Å². The van der Waals surface area contributed by atoms with Gasteiger partial charge in [0.15, 0.2) is 0 Å². The van der Waals surface area contributed by atoms with Gasteiger partial charge < -0.3 is 16.0 Å². The van der Waals surface area contributed by atoms with Crippen LogP contribution in [0.15, 0.2) is 12.4 Å². The molecule has 1 aromatic heterocycles. The molecule has 0 fully saturated rings. The molecular formula is C11H19N5O. The van der Waals surface area contributed by atoms with E-state index in [0.29, 0.717) is 11.6 Å². The van der Waals surface area contributed by atoms with Crippen LogP contribution in [0.4, 0.5) is 11.6 Å². The zero-order valence-electron chi connectivity index (χ0n) is 10.6. The monoisotopic (exact) mass is 237 g/mol. The van der Waals surface area contributed by atoms with E-state index in [1.165, 1.54) is 6.33 Å². The van der Waals surface area contributed by atoms with Gasteiger partial charge in [0, 0.05) is 19.2 Å². The van der Waals surface area contributed by atoms with Gasteiger partial charge in [-0.25, -0.2) is 9.97 Å². The number of anilines is 2. The Hall–Kier alpha value is -1.85. The molecule has 1 atom stereocenters. The molecule has 0 aliphatic carbocycles. The van der Waals surface area contributed by atoms with Crippen LogP contribution >= 0.6 is 0 Å². The van der Waals surface area contributed by atoms with E-state index in [4.69, 9.17) is 0 Å². The van der Waals surface area contributed by atoms with Gasteiger partial charge in [-0.05, 0) is 20.8 Å². The van der Waals surface area contributed by atoms with Gasteiger partial charge in [0.25, 0.3) is 0 Å². The fraction of sp³-hybridized carbons (Fsp3) is 0.545. The van der Waals surface area contributed by atoms with Crippen LogP contribution in [-0.2, 0) is 4.79 Å².